The smallest absolute Gasteiger partial charge is 0.420 e. The minimum atomic E-state index is -1.16. The lowest BCUT2D eigenvalue weighted by Crippen LogP contribution is -2.52. The molecule has 0 saturated heterocycles. The quantitative estimate of drug-likeness (QED) is 0.499. The van der Waals surface area contributed by atoms with Gasteiger partial charge in [-0.15, -0.1) is 0 Å². The Morgan fingerprint density at radius 3 is 1.68 bits per heavy atom. The number of hydrogen-bond acceptors (Lipinski definition) is 8. The number of carbonyl (C=O) groups excluding carboxylic acids is 5. The van der Waals surface area contributed by atoms with Gasteiger partial charge in [0, 0.05) is 0 Å². The van der Waals surface area contributed by atoms with Crippen molar-refractivity contribution in [3.8, 4) is 0 Å². The topological polar surface area (TPSA) is 116 Å². The third-order valence-corrected chi connectivity index (χ3v) is 3.37. The zero-order chi connectivity index (χ0) is 24.2. The van der Waals surface area contributed by atoms with Gasteiger partial charge in [-0.3, -0.25) is 0 Å². The molecule has 0 N–H and O–H groups in total. The van der Waals surface area contributed by atoms with E-state index in [9.17, 15) is 14.4 Å². The monoisotopic (exact) mass is 437 g/mol. The van der Waals surface area contributed by atoms with E-state index < -0.39 is 35.4 Å². The Hall–Kier alpha value is -3.19. The minimum Gasteiger partial charge on any atom is -0.459 e. The van der Waals surface area contributed by atoms with Crippen molar-refractivity contribution in [2.24, 2.45) is 0 Å². The third kappa shape index (κ3) is 11.5. The normalized spacial score (nSPS) is 11.7. The molecule has 0 aromatic heterocycles. The number of hydrogen-bond donors (Lipinski definition) is 0. The van der Waals surface area contributed by atoms with E-state index in [0.29, 0.717) is 4.90 Å². The van der Waals surface area contributed by atoms with Crippen LogP contribution in [-0.4, -0.2) is 46.5 Å². The highest BCUT2D eigenvalue weighted by atomic mass is 16.6. The van der Waals surface area contributed by atoms with Crippen molar-refractivity contribution < 1.29 is 38.2 Å². The highest BCUT2D eigenvalue weighted by molar-refractivity contribution is 5.94. The SMILES string of the molecule is CC[C@@H](C(=O)OCc1ccccc1)N(C(=O)OC(C)(C)C)C(=O)OC(C)(C)C.O=C=O. The van der Waals surface area contributed by atoms with Crippen molar-refractivity contribution in [3.05, 3.63) is 35.9 Å². The molecule has 172 valence electrons. The number of nitrogens with zero attached hydrogens (tertiary/aromatic N) is 1. The average molecular weight is 437 g/mol. The van der Waals surface area contributed by atoms with Crippen molar-refractivity contribution in [1.82, 2.24) is 4.90 Å². The van der Waals surface area contributed by atoms with Gasteiger partial charge in [0.2, 0.25) is 0 Å². The van der Waals surface area contributed by atoms with Crippen LogP contribution in [0, 0.1) is 0 Å². The molecule has 31 heavy (non-hydrogen) atoms. The van der Waals surface area contributed by atoms with Crippen molar-refractivity contribution >= 4 is 24.3 Å². The molecule has 9 heteroatoms. The van der Waals surface area contributed by atoms with Crippen LogP contribution < -0.4 is 0 Å². The molecule has 0 aliphatic heterocycles. The van der Waals surface area contributed by atoms with E-state index in [1.54, 1.807) is 48.5 Å². The van der Waals surface area contributed by atoms with Crippen LogP contribution in [-0.2, 0) is 35.2 Å². The molecule has 0 radical (unpaired) electrons. The number of carbonyl (C=O) groups is 3. The van der Waals surface area contributed by atoms with Crippen molar-refractivity contribution in [2.75, 3.05) is 0 Å². The third-order valence-electron chi connectivity index (χ3n) is 3.37. The van der Waals surface area contributed by atoms with Gasteiger partial charge in [0.1, 0.15) is 23.9 Å². The number of benzene rings is 1. The minimum absolute atomic E-state index is 0.0344. The van der Waals surface area contributed by atoms with Gasteiger partial charge in [-0.05, 0) is 53.5 Å². The summed E-state index contributed by atoms with van der Waals surface area (Å²) in [6, 6.07) is 7.98. The van der Waals surface area contributed by atoms with Crippen molar-refractivity contribution in [3.63, 3.8) is 0 Å². The molecular weight excluding hydrogens is 406 g/mol. The number of rotatable bonds is 5. The summed E-state index contributed by atoms with van der Waals surface area (Å²) in [5.41, 5.74) is -0.889. The molecule has 0 aliphatic rings. The number of amides is 2. The molecule has 0 saturated carbocycles. The lowest BCUT2D eigenvalue weighted by Gasteiger charge is -2.32. The fourth-order valence-electron chi connectivity index (χ4n) is 2.23. The Morgan fingerprint density at radius 1 is 0.903 bits per heavy atom. The van der Waals surface area contributed by atoms with Gasteiger partial charge >= 0.3 is 24.3 Å². The maximum absolute atomic E-state index is 12.7. The van der Waals surface area contributed by atoms with Gasteiger partial charge in [0.25, 0.3) is 0 Å². The average Bonchev–Trinajstić information content (AvgIpc) is 2.62. The van der Waals surface area contributed by atoms with Gasteiger partial charge in [-0.1, -0.05) is 37.3 Å². The lowest BCUT2D eigenvalue weighted by atomic mass is 10.2. The van der Waals surface area contributed by atoms with E-state index in [1.807, 2.05) is 30.3 Å². The first-order valence-corrected chi connectivity index (χ1v) is 9.70. The molecule has 1 atom stereocenters. The largest absolute Gasteiger partial charge is 0.459 e. The fraction of sp³-hybridized carbons (Fsp3) is 0.545. The van der Waals surface area contributed by atoms with Crippen molar-refractivity contribution in [1.29, 1.82) is 0 Å². The van der Waals surface area contributed by atoms with E-state index in [0.717, 1.165) is 5.56 Å². The highest BCUT2D eigenvalue weighted by Gasteiger charge is 2.40. The Morgan fingerprint density at radius 2 is 1.32 bits per heavy atom. The first-order valence-electron chi connectivity index (χ1n) is 9.70. The number of esters is 1. The molecule has 1 aromatic carbocycles. The summed E-state index contributed by atoms with van der Waals surface area (Å²) in [4.78, 5) is 54.9. The maximum Gasteiger partial charge on any atom is 0.420 e. The Bertz CT molecular complexity index is 728. The van der Waals surface area contributed by atoms with Crippen LogP contribution in [0.2, 0.25) is 0 Å². The van der Waals surface area contributed by atoms with E-state index in [2.05, 4.69) is 0 Å². The second kappa shape index (κ2) is 12.5. The van der Waals surface area contributed by atoms with Crippen LogP contribution in [0.25, 0.3) is 0 Å². The first-order chi connectivity index (χ1) is 14.3. The molecule has 0 heterocycles. The van der Waals surface area contributed by atoms with Crippen LogP contribution in [0.3, 0.4) is 0 Å². The molecule has 0 spiro atoms. The summed E-state index contributed by atoms with van der Waals surface area (Å²) in [5.74, 6) is -0.705. The molecule has 0 unspecified atom stereocenters. The molecule has 1 aromatic rings. The summed E-state index contributed by atoms with van der Waals surface area (Å²) >= 11 is 0. The van der Waals surface area contributed by atoms with Gasteiger partial charge < -0.3 is 14.2 Å². The first kappa shape index (κ1) is 27.8. The van der Waals surface area contributed by atoms with E-state index in [-0.39, 0.29) is 19.2 Å². The maximum atomic E-state index is 12.7. The zero-order valence-corrected chi connectivity index (χ0v) is 19.1. The second-order valence-electron chi connectivity index (χ2n) is 8.43. The van der Waals surface area contributed by atoms with Crippen LogP contribution in [0.4, 0.5) is 9.59 Å². The molecule has 0 bridgehead atoms. The summed E-state index contributed by atoms with van der Waals surface area (Å²) in [7, 11) is 0. The van der Waals surface area contributed by atoms with Crippen LogP contribution in [0.5, 0.6) is 0 Å². The standard InChI is InChI=1S/C21H31NO6.CO2/c1-8-16(17(23)26-14-15-12-10-9-11-13-15)22(18(24)27-20(2,3)4)19(25)28-21(5,6)7;2-1-3/h9-13,16H,8,14H2,1-7H3;/t16-;/m0./s1. The van der Waals surface area contributed by atoms with Gasteiger partial charge in [0.15, 0.2) is 0 Å². The predicted octanol–water partition coefficient (Wildman–Crippen LogP) is 4.10. The molecule has 9 nitrogen and oxygen atoms in total. The van der Waals surface area contributed by atoms with E-state index >= 15 is 0 Å². The molecule has 1 rings (SSSR count). The summed E-state index contributed by atoms with van der Waals surface area (Å²) < 4.78 is 15.9. The van der Waals surface area contributed by atoms with Gasteiger partial charge in [-0.25, -0.2) is 14.4 Å². The Balaban J connectivity index is 0.00000282. The summed E-state index contributed by atoms with van der Waals surface area (Å²) in [5, 5.41) is 0. The number of imide groups is 1. The highest BCUT2D eigenvalue weighted by Crippen LogP contribution is 2.19. The van der Waals surface area contributed by atoms with Crippen LogP contribution in [0.15, 0.2) is 30.3 Å². The Kier molecular flexibility index (Phi) is 11.2. The zero-order valence-electron chi connectivity index (χ0n) is 19.1. The predicted molar refractivity (Wildman–Crippen MR) is 110 cm³/mol. The van der Waals surface area contributed by atoms with Crippen LogP contribution >= 0.6 is 0 Å². The molecule has 2 amide bonds. The van der Waals surface area contributed by atoms with Gasteiger partial charge in [0.05, 0.1) is 0 Å². The van der Waals surface area contributed by atoms with E-state index in [1.165, 1.54) is 0 Å². The molecular formula is C22H31NO8. The molecule has 0 aliphatic carbocycles. The summed E-state index contributed by atoms with van der Waals surface area (Å²) in [6.07, 6.45) is -1.50. The number of ether oxygens (including phenoxy) is 3. The van der Waals surface area contributed by atoms with Crippen LogP contribution in [0.1, 0.15) is 60.5 Å². The Labute approximate surface area is 182 Å². The van der Waals surface area contributed by atoms with Gasteiger partial charge in [-0.2, -0.15) is 14.5 Å². The summed E-state index contributed by atoms with van der Waals surface area (Å²) in [6.45, 7) is 11.8. The lowest BCUT2D eigenvalue weighted by molar-refractivity contribution is -0.191. The molecule has 0 fully saturated rings. The second-order valence-corrected chi connectivity index (χ2v) is 8.43. The van der Waals surface area contributed by atoms with Crippen molar-refractivity contribution in [2.45, 2.75) is 78.7 Å². The van der Waals surface area contributed by atoms with E-state index in [4.69, 9.17) is 23.8 Å². The fourth-order valence-corrected chi connectivity index (χ4v) is 2.23.